The van der Waals surface area contributed by atoms with Crippen molar-refractivity contribution in [2.45, 2.75) is 33.6 Å². The van der Waals surface area contributed by atoms with Gasteiger partial charge in [0.05, 0.1) is 48.7 Å². The third-order valence-corrected chi connectivity index (χ3v) is 6.05. The number of hydrogen-bond acceptors (Lipinski definition) is 8. The van der Waals surface area contributed by atoms with Crippen molar-refractivity contribution in [3.8, 4) is 0 Å². The van der Waals surface area contributed by atoms with Gasteiger partial charge in [-0.25, -0.2) is 0 Å². The molecule has 4 heterocycles. The van der Waals surface area contributed by atoms with Gasteiger partial charge in [0.25, 0.3) is 0 Å². The molecule has 8 nitrogen and oxygen atoms in total. The van der Waals surface area contributed by atoms with E-state index in [2.05, 4.69) is 58.0 Å². The van der Waals surface area contributed by atoms with Crippen LogP contribution in [-0.4, -0.2) is 67.1 Å². The number of aryl methyl sites for hydroxylation is 1. The Bertz CT molecular complexity index is 931. The smallest absolute Gasteiger partial charge is 0.174 e. The van der Waals surface area contributed by atoms with E-state index in [0.717, 1.165) is 55.4 Å². The molecule has 3 N–H and O–H groups in total. The summed E-state index contributed by atoms with van der Waals surface area (Å²) < 4.78 is 11.5. The summed E-state index contributed by atoms with van der Waals surface area (Å²) in [6, 6.07) is 8.26. The van der Waals surface area contributed by atoms with E-state index in [0.29, 0.717) is 25.5 Å². The van der Waals surface area contributed by atoms with Crippen LogP contribution in [0.15, 0.2) is 42.9 Å². The Morgan fingerprint density at radius 1 is 1.18 bits per heavy atom. The summed E-state index contributed by atoms with van der Waals surface area (Å²) in [5.74, 6) is 0. The minimum absolute atomic E-state index is 0.0693. The SMILES string of the molecule is Cc1cc(N2CCN(Cc3ccccn3)CC2)cnc1/C(N)=C/NCC1OCC(C)(C)CO1. The molecule has 2 aliphatic heterocycles. The molecule has 0 aromatic carbocycles. The molecule has 4 rings (SSSR count). The van der Waals surface area contributed by atoms with Crippen LogP contribution in [0.2, 0.25) is 0 Å². The summed E-state index contributed by atoms with van der Waals surface area (Å²) in [7, 11) is 0. The predicted molar refractivity (Wildman–Crippen MR) is 130 cm³/mol. The first-order chi connectivity index (χ1) is 15.9. The average Bonchev–Trinajstić information content (AvgIpc) is 2.81. The molecular weight excluding hydrogens is 416 g/mol. The number of aromatic nitrogens is 2. The van der Waals surface area contributed by atoms with Gasteiger partial charge in [-0.05, 0) is 30.7 Å². The standard InChI is InChI=1S/C25H36N6O2/c1-19-12-21(31-10-8-30(9-11-31)16-20-6-4-5-7-28-20)13-29-24(19)22(26)14-27-15-23-32-17-25(2,3)18-33-23/h4-7,12-14,23,27H,8-11,15-18,26H2,1-3H3/b22-14-. The third-order valence-electron chi connectivity index (χ3n) is 6.05. The van der Waals surface area contributed by atoms with Crippen LogP contribution in [0.25, 0.3) is 5.70 Å². The van der Waals surface area contributed by atoms with Crippen molar-refractivity contribution >= 4 is 11.4 Å². The van der Waals surface area contributed by atoms with Crippen LogP contribution in [0.3, 0.4) is 0 Å². The topological polar surface area (TPSA) is 88.8 Å². The summed E-state index contributed by atoms with van der Waals surface area (Å²) in [4.78, 5) is 13.9. The largest absolute Gasteiger partial charge is 0.396 e. The van der Waals surface area contributed by atoms with Crippen molar-refractivity contribution in [1.82, 2.24) is 20.2 Å². The highest BCUT2D eigenvalue weighted by atomic mass is 16.7. The Labute approximate surface area is 196 Å². The molecule has 8 heteroatoms. The number of nitrogens with zero attached hydrogens (tertiary/aromatic N) is 4. The summed E-state index contributed by atoms with van der Waals surface area (Å²) in [5.41, 5.74) is 11.1. The quantitative estimate of drug-likeness (QED) is 0.662. The number of nitrogens with two attached hydrogens (primary N) is 1. The maximum absolute atomic E-state index is 6.30. The monoisotopic (exact) mass is 452 g/mol. The van der Waals surface area contributed by atoms with Gasteiger partial charge in [-0.1, -0.05) is 19.9 Å². The molecule has 0 radical (unpaired) electrons. The van der Waals surface area contributed by atoms with Crippen LogP contribution in [0.4, 0.5) is 5.69 Å². The van der Waals surface area contributed by atoms with E-state index >= 15 is 0 Å². The highest BCUT2D eigenvalue weighted by Gasteiger charge is 2.28. The van der Waals surface area contributed by atoms with E-state index in [1.54, 1.807) is 6.20 Å². The number of rotatable bonds is 7. The lowest BCUT2D eigenvalue weighted by Gasteiger charge is -2.36. The van der Waals surface area contributed by atoms with E-state index in [-0.39, 0.29) is 11.7 Å². The van der Waals surface area contributed by atoms with Crippen molar-refractivity contribution in [2.75, 3.05) is 50.8 Å². The minimum atomic E-state index is -0.255. The van der Waals surface area contributed by atoms with Gasteiger partial charge in [-0.2, -0.15) is 0 Å². The highest BCUT2D eigenvalue weighted by molar-refractivity contribution is 5.64. The van der Waals surface area contributed by atoms with E-state index in [1.807, 2.05) is 24.5 Å². The van der Waals surface area contributed by atoms with E-state index in [9.17, 15) is 0 Å². The number of hydrogen-bond donors (Lipinski definition) is 2. The Kier molecular flexibility index (Phi) is 7.47. The summed E-state index contributed by atoms with van der Waals surface area (Å²) in [5, 5.41) is 3.21. The van der Waals surface area contributed by atoms with Gasteiger partial charge >= 0.3 is 0 Å². The highest BCUT2D eigenvalue weighted by Crippen LogP contribution is 2.23. The van der Waals surface area contributed by atoms with Gasteiger partial charge < -0.3 is 25.4 Å². The molecule has 0 bridgehead atoms. The van der Waals surface area contributed by atoms with Crippen LogP contribution in [0.5, 0.6) is 0 Å². The summed E-state index contributed by atoms with van der Waals surface area (Å²) >= 11 is 0. The second-order valence-electron chi connectivity index (χ2n) is 9.67. The van der Waals surface area contributed by atoms with Crippen molar-refractivity contribution < 1.29 is 9.47 Å². The Morgan fingerprint density at radius 3 is 2.61 bits per heavy atom. The molecule has 2 saturated heterocycles. The lowest BCUT2D eigenvalue weighted by atomic mass is 9.96. The van der Waals surface area contributed by atoms with Gasteiger partial charge in [0.2, 0.25) is 0 Å². The Morgan fingerprint density at radius 2 is 1.94 bits per heavy atom. The fourth-order valence-electron chi connectivity index (χ4n) is 4.10. The second kappa shape index (κ2) is 10.5. The minimum Gasteiger partial charge on any atom is -0.396 e. The molecule has 0 spiro atoms. The molecule has 0 atom stereocenters. The maximum Gasteiger partial charge on any atom is 0.174 e. The molecule has 178 valence electrons. The van der Waals surface area contributed by atoms with Gasteiger partial charge in [-0.15, -0.1) is 0 Å². The van der Waals surface area contributed by atoms with Crippen LogP contribution >= 0.6 is 0 Å². The molecule has 33 heavy (non-hydrogen) atoms. The molecule has 2 aliphatic rings. The van der Waals surface area contributed by atoms with Gasteiger partial charge in [0.1, 0.15) is 0 Å². The lowest BCUT2D eigenvalue weighted by molar-refractivity contribution is -0.217. The van der Waals surface area contributed by atoms with E-state index in [4.69, 9.17) is 15.2 Å². The van der Waals surface area contributed by atoms with Crippen molar-refractivity contribution in [3.05, 3.63) is 59.8 Å². The van der Waals surface area contributed by atoms with Crippen LogP contribution in [0.1, 0.15) is 30.8 Å². The van der Waals surface area contributed by atoms with Crippen LogP contribution in [-0.2, 0) is 16.0 Å². The average molecular weight is 453 g/mol. The Hall–Kier alpha value is -2.68. The summed E-state index contributed by atoms with van der Waals surface area (Å²) in [6.45, 7) is 13.1. The molecule has 2 fully saturated rings. The van der Waals surface area contributed by atoms with E-state index < -0.39 is 0 Å². The number of pyridine rings is 2. The van der Waals surface area contributed by atoms with Gasteiger partial charge in [-0.3, -0.25) is 14.9 Å². The second-order valence-corrected chi connectivity index (χ2v) is 9.67. The fourth-order valence-corrected chi connectivity index (χ4v) is 4.10. The van der Waals surface area contributed by atoms with Crippen LogP contribution in [0, 0.1) is 12.3 Å². The number of nitrogens with one attached hydrogen (secondary N) is 1. The molecule has 0 saturated carbocycles. The Balaban J connectivity index is 1.27. The summed E-state index contributed by atoms with van der Waals surface area (Å²) in [6.07, 6.45) is 5.31. The fraction of sp³-hybridized carbons (Fsp3) is 0.520. The third kappa shape index (κ3) is 6.43. The normalized spacial score (nSPS) is 20.1. The van der Waals surface area contributed by atoms with Gasteiger partial charge in [0, 0.05) is 50.5 Å². The first-order valence-electron chi connectivity index (χ1n) is 11.7. The molecular formula is C25H36N6O2. The molecule has 0 unspecified atom stereocenters. The van der Waals surface area contributed by atoms with Crippen LogP contribution < -0.4 is 16.0 Å². The number of piperazine rings is 1. The first kappa shape index (κ1) is 23.5. The number of anilines is 1. The maximum atomic E-state index is 6.30. The zero-order valence-electron chi connectivity index (χ0n) is 20.0. The zero-order chi connectivity index (χ0) is 23.3. The molecule has 2 aromatic heterocycles. The van der Waals surface area contributed by atoms with Gasteiger partial charge in [0.15, 0.2) is 6.29 Å². The van der Waals surface area contributed by atoms with Crippen molar-refractivity contribution in [3.63, 3.8) is 0 Å². The van der Waals surface area contributed by atoms with Crippen molar-refractivity contribution in [1.29, 1.82) is 0 Å². The van der Waals surface area contributed by atoms with Crippen molar-refractivity contribution in [2.24, 2.45) is 11.1 Å². The molecule has 2 aromatic rings. The molecule has 0 amide bonds. The number of ether oxygens (including phenoxy) is 2. The van der Waals surface area contributed by atoms with E-state index in [1.165, 1.54) is 0 Å². The zero-order valence-corrected chi connectivity index (χ0v) is 20.0. The first-order valence-corrected chi connectivity index (χ1v) is 11.7. The lowest BCUT2D eigenvalue weighted by Crippen LogP contribution is -2.46. The predicted octanol–water partition coefficient (Wildman–Crippen LogP) is 2.35. The molecule has 0 aliphatic carbocycles.